The van der Waals surface area contributed by atoms with Crippen molar-refractivity contribution in [2.24, 2.45) is 0 Å². The fraction of sp³-hybridized carbons (Fsp3) is 0.448. The number of nitriles is 1. The lowest BCUT2D eigenvalue weighted by molar-refractivity contribution is 0.111. The number of aromatic nitrogens is 1. The van der Waals surface area contributed by atoms with Crippen molar-refractivity contribution in [3.05, 3.63) is 70.1 Å². The largest absolute Gasteiger partial charge is 0.490 e. The highest BCUT2D eigenvalue weighted by atomic mass is 32.1. The number of piperazine rings is 1. The van der Waals surface area contributed by atoms with E-state index in [2.05, 4.69) is 47.2 Å². The summed E-state index contributed by atoms with van der Waals surface area (Å²) in [4.78, 5) is 11.2. The molecule has 1 fully saturated rings. The summed E-state index contributed by atoms with van der Waals surface area (Å²) in [7, 11) is 2.22. The first-order chi connectivity index (χ1) is 17.0. The average molecular weight is 487 g/mol. The zero-order valence-corrected chi connectivity index (χ0v) is 21.8. The van der Waals surface area contributed by atoms with Gasteiger partial charge in [-0.15, -0.1) is 11.3 Å². The number of fused-ring (bicyclic) bond motifs is 1. The highest BCUT2D eigenvalue weighted by Crippen LogP contribution is 2.43. The number of hydrogen-bond acceptors (Lipinski definition) is 6. The first-order valence-corrected chi connectivity index (χ1v) is 13.5. The number of likely N-dealkylation sites (N-methyl/N-ethyl adjacent to an activating group) is 1. The van der Waals surface area contributed by atoms with Crippen molar-refractivity contribution in [1.82, 2.24) is 14.8 Å². The predicted molar refractivity (Wildman–Crippen MR) is 143 cm³/mol. The Hall–Kier alpha value is -2.72. The summed E-state index contributed by atoms with van der Waals surface area (Å²) < 4.78 is 5.91. The molecule has 0 saturated carbocycles. The van der Waals surface area contributed by atoms with E-state index in [1.165, 1.54) is 33.6 Å². The first kappa shape index (κ1) is 24.0. The molecule has 0 spiro atoms. The van der Waals surface area contributed by atoms with E-state index < -0.39 is 0 Å². The van der Waals surface area contributed by atoms with Crippen molar-refractivity contribution in [3.63, 3.8) is 0 Å². The van der Waals surface area contributed by atoms with Gasteiger partial charge in [-0.1, -0.05) is 30.4 Å². The molecule has 1 atom stereocenters. The third-order valence-corrected chi connectivity index (χ3v) is 8.32. The maximum absolute atomic E-state index is 9.52. The van der Waals surface area contributed by atoms with Crippen molar-refractivity contribution in [1.29, 1.82) is 5.26 Å². The molecular formula is C29H34N4OS. The van der Waals surface area contributed by atoms with E-state index in [-0.39, 0.29) is 6.10 Å². The molecule has 1 aromatic carbocycles. The van der Waals surface area contributed by atoms with Crippen LogP contribution >= 0.6 is 11.3 Å². The molecule has 0 amide bonds. The highest BCUT2D eigenvalue weighted by Gasteiger charge is 2.31. The molecule has 1 saturated heterocycles. The standard InChI is InChI=1S/C29H34N4OS/c1-20(2)34-27-13-10-21(6-4-7-22(27)18-30)29-31-19-28(35-29)25-9-5-8-24-23(25)11-12-26(24)33-16-14-32(3)15-17-33/h5,7-10,13,19-20,26H,4,6,11-12,14-17H2,1-3H3/b21-10+,22-7?,27-13?. The van der Waals surface area contributed by atoms with E-state index in [0.29, 0.717) is 17.4 Å². The fourth-order valence-corrected chi connectivity index (χ4v) is 6.40. The lowest BCUT2D eigenvalue weighted by Crippen LogP contribution is -2.45. The van der Waals surface area contributed by atoms with Crippen molar-refractivity contribution in [2.75, 3.05) is 33.2 Å². The van der Waals surface area contributed by atoms with Gasteiger partial charge in [0, 0.05) is 38.4 Å². The van der Waals surface area contributed by atoms with Crippen LogP contribution in [0.4, 0.5) is 0 Å². The summed E-state index contributed by atoms with van der Waals surface area (Å²) >= 11 is 1.78. The first-order valence-electron chi connectivity index (χ1n) is 12.7. The lowest BCUT2D eigenvalue weighted by atomic mass is 10.0. The van der Waals surface area contributed by atoms with Gasteiger partial charge in [0.15, 0.2) is 0 Å². The smallest absolute Gasteiger partial charge is 0.137 e. The maximum Gasteiger partial charge on any atom is 0.137 e. The Morgan fingerprint density at radius 3 is 2.74 bits per heavy atom. The van der Waals surface area contributed by atoms with Gasteiger partial charge in [0.05, 0.1) is 16.6 Å². The van der Waals surface area contributed by atoms with E-state index in [1.54, 1.807) is 11.3 Å². The number of nitrogens with zero attached hydrogens (tertiary/aromatic N) is 4. The average Bonchev–Trinajstić information content (AvgIpc) is 3.49. The monoisotopic (exact) mass is 486 g/mol. The van der Waals surface area contributed by atoms with Gasteiger partial charge in [0.2, 0.25) is 0 Å². The molecule has 2 aliphatic carbocycles. The molecule has 2 heterocycles. The minimum absolute atomic E-state index is 0.0237. The molecule has 1 unspecified atom stereocenters. The molecular weight excluding hydrogens is 452 g/mol. The summed E-state index contributed by atoms with van der Waals surface area (Å²) in [5, 5.41) is 10.6. The van der Waals surface area contributed by atoms with Gasteiger partial charge in [-0.3, -0.25) is 4.90 Å². The predicted octanol–water partition coefficient (Wildman–Crippen LogP) is 5.98. The lowest BCUT2D eigenvalue weighted by Gasteiger charge is -2.36. The summed E-state index contributed by atoms with van der Waals surface area (Å²) in [5.41, 5.74) is 6.18. The normalized spacial score (nSPS) is 22.9. The van der Waals surface area contributed by atoms with Crippen LogP contribution < -0.4 is 0 Å². The Labute approximate surface area is 213 Å². The van der Waals surface area contributed by atoms with Crippen LogP contribution in [0, 0.1) is 11.3 Å². The van der Waals surface area contributed by atoms with Gasteiger partial charge in [0.25, 0.3) is 0 Å². The summed E-state index contributed by atoms with van der Waals surface area (Å²) in [5.74, 6) is 0.646. The molecule has 6 heteroatoms. The zero-order chi connectivity index (χ0) is 24.4. The van der Waals surface area contributed by atoms with Gasteiger partial charge >= 0.3 is 0 Å². The van der Waals surface area contributed by atoms with Gasteiger partial charge in [-0.2, -0.15) is 5.26 Å². The number of rotatable bonds is 5. The van der Waals surface area contributed by atoms with Crippen molar-refractivity contribution in [2.45, 2.75) is 51.7 Å². The third kappa shape index (κ3) is 5.13. The Bertz CT molecular complexity index is 1210. The second-order valence-electron chi connectivity index (χ2n) is 9.95. The van der Waals surface area contributed by atoms with E-state index in [4.69, 9.17) is 9.72 Å². The van der Waals surface area contributed by atoms with Crippen molar-refractivity contribution in [3.8, 4) is 16.5 Å². The topological polar surface area (TPSA) is 52.4 Å². The third-order valence-electron chi connectivity index (χ3n) is 7.21. The Morgan fingerprint density at radius 2 is 1.97 bits per heavy atom. The molecule has 1 aliphatic heterocycles. The number of ether oxygens (including phenoxy) is 1. The molecule has 2 aromatic rings. The molecule has 0 bridgehead atoms. The molecule has 35 heavy (non-hydrogen) atoms. The van der Waals surface area contributed by atoms with Crippen LogP contribution in [0.5, 0.6) is 0 Å². The zero-order valence-electron chi connectivity index (χ0n) is 21.0. The Balaban J connectivity index is 1.40. The van der Waals surface area contributed by atoms with Crippen LogP contribution in [-0.2, 0) is 11.2 Å². The van der Waals surface area contributed by atoms with Crippen LogP contribution in [0.15, 0.2) is 54.0 Å². The van der Waals surface area contributed by atoms with E-state index in [9.17, 15) is 5.26 Å². The van der Waals surface area contributed by atoms with Crippen LogP contribution in [0.25, 0.3) is 16.0 Å². The van der Waals surface area contributed by atoms with E-state index in [0.717, 1.165) is 50.4 Å². The van der Waals surface area contributed by atoms with Gasteiger partial charge in [-0.25, -0.2) is 4.98 Å². The van der Waals surface area contributed by atoms with E-state index in [1.807, 2.05) is 32.2 Å². The number of benzene rings is 1. The second-order valence-corrected chi connectivity index (χ2v) is 11.0. The van der Waals surface area contributed by atoms with Crippen molar-refractivity contribution < 1.29 is 4.74 Å². The summed E-state index contributed by atoms with van der Waals surface area (Å²) in [6.07, 6.45) is 12.1. The Kier molecular flexibility index (Phi) is 7.19. The van der Waals surface area contributed by atoms with E-state index >= 15 is 0 Å². The maximum atomic E-state index is 9.52. The van der Waals surface area contributed by atoms with Gasteiger partial charge in [0.1, 0.15) is 16.8 Å². The van der Waals surface area contributed by atoms with Crippen molar-refractivity contribution >= 4 is 16.9 Å². The number of hydrogen-bond donors (Lipinski definition) is 0. The molecule has 0 radical (unpaired) electrons. The summed E-state index contributed by atoms with van der Waals surface area (Å²) in [6, 6.07) is 9.66. The molecule has 182 valence electrons. The van der Waals surface area contributed by atoms with Gasteiger partial charge in [-0.05, 0) is 74.9 Å². The molecule has 0 N–H and O–H groups in total. The molecule has 3 aliphatic rings. The minimum atomic E-state index is 0.0237. The van der Waals surface area contributed by atoms with Crippen LogP contribution in [-0.4, -0.2) is 54.1 Å². The number of allylic oxidation sites excluding steroid dienone is 5. The van der Waals surface area contributed by atoms with Crippen LogP contribution in [0.3, 0.4) is 0 Å². The van der Waals surface area contributed by atoms with Crippen LogP contribution in [0.1, 0.15) is 55.3 Å². The highest BCUT2D eigenvalue weighted by molar-refractivity contribution is 7.16. The SMILES string of the molecule is CC(C)OC1=C/C=C(/c2ncc(-c3cccc4c3CCC4N3CCN(C)CC3)s2)CCC=C1C#N. The minimum Gasteiger partial charge on any atom is -0.490 e. The van der Waals surface area contributed by atoms with Crippen LogP contribution in [0.2, 0.25) is 0 Å². The second kappa shape index (κ2) is 10.5. The van der Waals surface area contributed by atoms with Gasteiger partial charge < -0.3 is 9.64 Å². The fourth-order valence-electron chi connectivity index (χ4n) is 5.38. The molecule has 5 rings (SSSR count). The summed E-state index contributed by atoms with van der Waals surface area (Å²) in [6.45, 7) is 8.59. The Morgan fingerprint density at radius 1 is 1.14 bits per heavy atom. The quantitative estimate of drug-likeness (QED) is 0.520. The molecule has 1 aromatic heterocycles. The number of thiazole rings is 1. The molecule has 5 nitrogen and oxygen atoms in total.